The van der Waals surface area contributed by atoms with E-state index in [-0.39, 0.29) is 6.16 Å². The predicted molar refractivity (Wildman–Crippen MR) is 133 cm³/mol. The molecule has 0 heterocycles. The Morgan fingerprint density at radius 3 is 1.29 bits per heavy atom. The number of benzene rings is 3. The van der Waals surface area contributed by atoms with Gasteiger partial charge in [-0.2, -0.15) is 0 Å². The lowest BCUT2D eigenvalue weighted by molar-refractivity contribution is -0.196. The molecule has 1 atom stereocenters. The lowest BCUT2D eigenvalue weighted by Gasteiger charge is -2.24. The molecule has 0 saturated carbocycles. The molecule has 0 amide bonds. The standard InChI is InChI=1S/C22H24P.C4H11O3P/c1-23(17-20-11-5-2-6-12-20,18-21-13-7-3-8-14-21)19-22-15-9-4-10-16-22;1-3-4-8(5,6)7-2/h2-16H,17-19H2,1H3;3-4H2,1-2H3,(H,5,6)/q+1;/p-1. The van der Waals surface area contributed by atoms with Crippen LogP contribution in [0.2, 0.25) is 0 Å². The van der Waals surface area contributed by atoms with Crippen molar-refractivity contribution in [3.8, 4) is 0 Å². The Bertz CT molecular complexity index is 814. The highest BCUT2D eigenvalue weighted by Gasteiger charge is 2.32. The summed E-state index contributed by atoms with van der Waals surface area (Å²) in [5, 5.41) is 0. The summed E-state index contributed by atoms with van der Waals surface area (Å²) in [6.45, 7) is 4.32. The van der Waals surface area contributed by atoms with Crippen molar-refractivity contribution < 1.29 is 14.0 Å². The minimum absolute atomic E-state index is 0.142. The van der Waals surface area contributed by atoms with Crippen molar-refractivity contribution in [2.75, 3.05) is 19.9 Å². The van der Waals surface area contributed by atoms with Gasteiger partial charge in [0.2, 0.25) is 0 Å². The molecule has 166 valence electrons. The van der Waals surface area contributed by atoms with Gasteiger partial charge in [-0.25, -0.2) is 0 Å². The third-order valence-corrected chi connectivity index (χ3v) is 9.93. The molecule has 0 N–H and O–H groups in total. The van der Waals surface area contributed by atoms with Crippen molar-refractivity contribution in [1.29, 1.82) is 0 Å². The van der Waals surface area contributed by atoms with Crippen molar-refractivity contribution in [1.82, 2.24) is 0 Å². The molecule has 5 heteroatoms. The Kier molecular flexibility index (Phi) is 10.6. The molecule has 3 aromatic carbocycles. The molecule has 0 spiro atoms. The molecule has 0 radical (unpaired) electrons. The quantitative estimate of drug-likeness (QED) is 0.332. The first-order valence-corrected chi connectivity index (χ1v) is 15.2. The molecule has 3 nitrogen and oxygen atoms in total. The van der Waals surface area contributed by atoms with Crippen LogP contribution in [-0.2, 0) is 27.6 Å². The van der Waals surface area contributed by atoms with Gasteiger partial charge in [-0.1, -0.05) is 97.9 Å². The average molecular weight is 457 g/mol. The van der Waals surface area contributed by atoms with Crippen LogP contribution in [0.5, 0.6) is 0 Å². The van der Waals surface area contributed by atoms with Crippen molar-refractivity contribution in [3.63, 3.8) is 0 Å². The predicted octanol–water partition coefficient (Wildman–Crippen LogP) is 6.83. The van der Waals surface area contributed by atoms with Crippen LogP contribution in [0.4, 0.5) is 0 Å². The fourth-order valence-corrected chi connectivity index (χ4v) is 7.95. The Morgan fingerprint density at radius 1 is 0.742 bits per heavy atom. The van der Waals surface area contributed by atoms with Gasteiger partial charge in [-0.3, -0.25) is 0 Å². The Morgan fingerprint density at radius 2 is 1.06 bits per heavy atom. The van der Waals surface area contributed by atoms with E-state index in [1.165, 1.54) is 42.3 Å². The molecular formula is C26H34O3P2. The summed E-state index contributed by atoms with van der Waals surface area (Å²) in [5.74, 6) is 0. The molecule has 0 saturated heterocycles. The van der Waals surface area contributed by atoms with E-state index in [0.29, 0.717) is 6.42 Å². The van der Waals surface area contributed by atoms with Gasteiger partial charge in [0.25, 0.3) is 0 Å². The zero-order valence-electron chi connectivity index (χ0n) is 18.8. The Labute approximate surface area is 188 Å². The monoisotopic (exact) mass is 456 g/mol. The first kappa shape index (κ1) is 25.5. The van der Waals surface area contributed by atoms with Gasteiger partial charge in [0, 0.05) is 27.2 Å². The zero-order chi connectivity index (χ0) is 22.6. The highest BCUT2D eigenvalue weighted by molar-refractivity contribution is 7.72. The van der Waals surface area contributed by atoms with Gasteiger partial charge >= 0.3 is 0 Å². The second-order valence-electron chi connectivity index (χ2n) is 8.07. The van der Waals surface area contributed by atoms with E-state index in [1.54, 1.807) is 6.92 Å². The SMILES string of the molecule is CCCP(=O)([O-])OC.C[P+](Cc1ccccc1)(Cc1ccccc1)Cc1ccccc1. The molecule has 0 aliphatic carbocycles. The summed E-state index contributed by atoms with van der Waals surface area (Å²) in [6, 6.07) is 32.9. The highest BCUT2D eigenvalue weighted by atomic mass is 31.2. The van der Waals surface area contributed by atoms with Crippen LogP contribution < -0.4 is 4.89 Å². The van der Waals surface area contributed by atoms with Crippen LogP contribution >= 0.6 is 14.9 Å². The molecule has 0 bridgehead atoms. The van der Waals surface area contributed by atoms with Crippen molar-refractivity contribution in [3.05, 3.63) is 108 Å². The summed E-state index contributed by atoms with van der Waals surface area (Å²) in [5.41, 5.74) is 4.40. The summed E-state index contributed by atoms with van der Waals surface area (Å²) in [6.07, 6.45) is 4.38. The first-order chi connectivity index (χ1) is 14.9. The van der Waals surface area contributed by atoms with Crippen molar-refractivity contribution in [2.24, 2.45) is 0 Å². The summed E-state index contributed by atoms with van der Waals surface area (Å²) < 4.78 is 14.6. The van der Waals surface area contributed by atoms with Gasteiger partial charge in [0.05, 0.1) is 18.5 Å². The second-order valence-corrected chi connectivity index (χ2v) is 14.3. The van der Waals surface area contributed by atoms with Gasteiger partial charge < -0.3 is 14.0 Å². The minimum Gasteiger partial charge on any atom is -0.779 e. The summed E-state index contributed by atoms with van der Waals surface area (Å²) in [7, 11) is -3.37. The molecule has 1 unspecified atom stereocenters. The van der Waals surface area contributed by atoms with Gasteiger partial charge in [-0.15, -0.1) is 0 Å². The molecular weight excluding hydrogens is 422 g/mol. The van der Waals surface area contributed by atoms with Crippen LogP contribution in [-0.4, -0.2) is 19.9 Å². The highest BCUT2D eigenvalue weighted by Crippen LogP contribution is 2.63. The molecule has 0 aromatic heterocycles. The van der Waals surface area contributed by atoms with Crippen LogP contribution in [0.25, 0.3) is 0 Å². The summed E-state index contributed by atoms with van der Waals surface area (Å²) in [4.78, 5) is 10.4. The van der Waals surface area contributed by atoms with Crippen LogP contribution in [0.15, 0.2) is 91.0 Å². The topological polar surface area (TPSA) is 49.4 Å². The summed E-state index contributed by atoms with van der Waals surface area (Å²) >= 11 is 0. The maximum atomic E-state index is 10.4. The van der Waals surface area contributed by atoms with Crippen LogP contribution in [0.1, 0.15) is 30.0 Å². The molecule has 3 aromatic rings. The van der Waals surface area contributed by atoms with E-state index < -0.39 is 14.9 Å². The lowest BCUT2D eigenvalue weighted by atomic mass is 10.2. The Balaban J connectivity index is 0.000000366. The van der Waals surface area contributed by atoms with E-state index in [2.05, 4.69) is 102 Å². The maximum absolute atomic E-state index is 10.4. The van der Waals surface area contributed by atoms with E-state index in [9.17, 15) is 9.46 Å². The molecule has 0 aliphatic heterocycles. The number of hydrogen-bond acceptors (Lipinski definition) is 3. The van der Waals surface area contributed by atoms with E-state index in [1.807, 2.05) is 0 Å². The molecule has 31 heavy (non-hydrogen) atoms. The fraction of sp³-hybridized carbons (Fsp3) is 0.308. The van der Waals surface area contributed by atoms with Crippen molar-refractivity contribution in [2.45, 2.75) is 31.8 Å². The van der Waals surface area contributed by atoms with Gasteiger partial charge in [0.1, 0.15) is 7.60 Å². The minimum atomic E-state index is -3.42. The number of rotatable bonds is 9. The van der Waals surface area contributed by atoms with E-state index >= 15 is 0 Å². The second kappa shape index (κ2) is 12.9. The Hall–Kier alpha value is -1.76. The van der Waals surface area contributed by atoms with Crippen LogP contribution in [0, 0.1) is 0 Å². The number of hydrogen-bond donors (Lipinski definition) is 0. The van der Waals surface area contributed by atoms with Crippen LogP contribution in [0.3, 0.4) is 0 Å². The zero-order valence-corrected chi connectivity index (χ0v) is 20.6. The third-order valence-electron chi connectivity index (χ3n) is 5.00. The molecule has 3 rings (SSSR count). The normalized spacial score (nSPS) is 13.0. The van der Waals surface area contributed by atoms with Gasteiger partial charge in [0.15, 0.2) is 0 Å². The molecule has 0 fully saturated rings. The maximum Gasteiger partial charge on any atom is 0.134 e. The largest absolute Gasteiger partial charge is 0.779 e. The smallest absolute Gasteiger partial charge is 0.134 e. The lowest BCUT2D eigenvalue weighted by Crippen LogP contribution is -2.05. The first-order valence-electron chi connectivity index (χ1n) is 10.7. The fourth-order valence-electron chi connectivity index (χ4n) is 3.61. The molecule has 0 aliphatic rings. The van der Waals surface area contributed by atoms with Crippen molar-refractivity contribution >= 4 is 14.9 Å². The third kappa shape index (κ3) is 9.93. The average Bonchev–Trinajstić information content (AvgIpc) is 2.76. The van der Waals surface area contributed by atoms with E-state index in [4.69, 9.17) is 0 Å². The van der Waals surface area contributed by atoms with E-state index in [0.717, 1.165) is 0 Å². The van der Waals surface area contributed by atoms with Gasteiger partial charge in [-0.05, 0) is 23.1 Å².